The predicted molar refractivity (Wildman–Crippen MR) is 121 cm³/mol. The van der Waals surface area contributed by atoms with Gasteiger partial charge in [-0.1, -0.05) is 0 Å². The van der Waals surface area contributed by atoms with Crippen LogP contribution in [0, 0.1) is 11.8 Å². The highest BCUT2D eigenvalue weighted by molar-refractivity contribution is 6.02. The minimum Gasteiger partial charge on any atom is -0.397 e. The van der Waals surface area contributed by atoms with Gasteiger partial charge in [0.05, 0.1) is 34.1 Å². The molecule has 1 amide bonds. The fraction of sp³-hybridized carbons (Fsp3) is 0.696. The molecule has 0 radical (unpaired) electrons. The van der Waals surface area contributed by atoms with E-state index in [4.69, 9.17) is 5.73 Å². The number of anilines is 3. The van der Waals surface area contributed by atoms with Crippen LogP contribution in [0.1, 0.15) is 62.7 Å². The Labute approximate surface area is 187 Å². The molecule has 1 aromatic carbocycles. The lowest BCUT2D eigenvalue weighted by molar-refractivity contribution is -0.182. The van der Waals surface area contributed by atoms with Crippen molar-refractivity contribution in [2.75, 3.05) is 36.1 Å². The van der Waals surface area contributed by atoms with E-state index in [1.54, 1.807) is 13.1 Å². The third-order valence-corrected chi connectivity index (χ3v) is 7.04. The third-order valence-electron chi connectivity index (χ3n) is 7.04. The van der Waals surface area contributed by atoms with Crippen molar-refractivity contribution in [3.63, 3.8) is 0 Å². The molecule has 6 nitrogen and oxygen atoms in total. The minimum atomic E-state index is -4.17. The van der Waals surface area contributed by atoms with Crippen LogP contribution < -0.4 is 21.3 Å². The van der Waals surface area contributed by atoms with E-state index in [0.717, 1.165) is 18.5 Å². The van der Waals surface area contributed by atoms with E-state index in [9.17, 15) is 23.1 Å². The molecule has 0 atom stereocenters. The van der Waals surface area contributed by atoms with Crippen molar-refractivity contribution in [1.82, 2.24) is 5.32 Å². The molecule has 2 fully saturated rings. The lowest BCUT2D eigenvalue weighted by atomic mass is 9.83. The second-order valence-corrected chi connectivity index (χ2v) is 9.69. The summed E-state index contributed by atoms with van der Waals surface area (Å²) in [4.78, 5) is 15.3. The first-order valence-electron chi connectivity index (χ1n) is 11.4. The summed E-state index contributed by atoms with van der Waals surface area (Å²) < 4.78 is 38.8. The van der Waals surface area contributed by atoms with Gasteiger partial charge < -0.3 is 26.4 Å². The molecule has 1 saturated carbocycles. The SMILES string of the molecule is CNc1cc(N2CCC(C(C)(C)O)CC2)c(C(=O)N[C@H]2CC[C@H](C(F)(F)F)CC2)cc1N. The van der Waals surface area contributed by atoms with Crippen molar-refractivity contribution in [2.24, 2.45) is 11.8 Å². The van der Waals surface area contributed by atoms with Gasteiger partial charge in [0.15, 0.2) is 0 Å². The first kappa shape index (κ1) is 24.5. The Kier molecular flexibility index (Phi) is 7.17. The molecule has 32 heavy (non-hydrogen) atoms. The summed E-state index contributed by atoms with van der Waals surface area (Å²) >= 11 is 0. The summed E-state index contributed by atoms with van der Waals surface area (Å²) in [7, 11) is 1.76. The second kappa shape index (κ2) is 9.37. The molecule has 0 aromatic heterocycles. The van der Waals surface area contributed by atoms with Crippen molar-refractivity contribution in [1.29, 1.82) is 0 Å². The largest absolute Gasteiger partial charge is 0.397 e. The zero-order chi connectivity index (χ0) is 23.7. The summed E-state index contributed by atoms with van der Waals surface area (Å²) in [5.41, 5.74) is 7.71. The van der Waals surface area contributed by atoms with Gasteiger partial charge in [-0.25, -0.2) is 0 Å². The molecule has 0 spiro atoms. The molecule has 9 heteroatoms. The smallest absolute Gasteiger partial charge is 0.391 e. The van der Waals surface area contributed by atoms with Gasteiger partial charge in [-0.15, -0.1) is 0 Å². The van der Waals surface area contributed by atoms with Crippen LogP contribution >= 0.6 is 0 Å². The van der Waals surface area contributed by atoms with Gasteiger partial charge >= 0.3 is 6.18 Å². The molecule has 1 aliphatic heterocycles. The van der Waals surface area contributed by atoms with Crippen molar-refractivity contribution in [2.45, 2.75) is 70.2 Å². The second-order valence-electron chi connectivity index (χ2n) is 9.69. The number of halogens is 3. The Morgan fingerprint density at radius 2 is 1.66 bits per heavy atom. The molecule has 0 unspecified atom stereocenters. The number of rotatable bonds is 5. The van der Waals surface area contributed by atoms with E-state index < -0.39 is 17.7 Å². The van der Waals surface area contributed by atoms with E-state index in [0.29, 0.717) is 42.9 Å². The monoisotopic (exact) mass is 456 g/mol. The van der Waals surface area contributed by atoms with Crippen LogP contribution in [0.25, 0.3) is 0 Å². The number of aliphatic hydroxyl groups is 1. The highest BCUT2D eigenvalue weighted by atomic mass is 19.4. The molecule has 1 heterocycles. The molecule has 1 aliphatic carbocycles. The van der Waals surface area contributed by atoms with Gasteiger partial charge in [0.1, 0.15) is 0 Å². The van der Waals surface area contributed by atoms with Crippen LogP contribution in [0.2, 0.25) is 0 Å². The van der Waals surface area contributed by atoms with Crippen LogP contribution in [0.5, 0.6) is 0 Å². The standard InChI is InChI=1S/C23H35F3N4O2/c1-22(2,32)14-8-10-30(11-9-14)20-13-19(28-3)18(27)12-17(20)21(31)29-16-6-4-15(5-7-16)23(24,25)26/h12-16,28,32H,4-11,27H2,1-3H3,(H,29,31)/t15-,16-. The number of hydrogen-bond donors (Lipinski definition) is 4. The van der Waals surface area contributed by atoms with Crippen LogP contribution in [0.3, 0.4) is 0 Å². The number of nitrogen functional groups attached to an aromatic ring is 1. The zero-order valence-corrected chi connectivity index (χ0v) is 19.1. The number of alkyl halides is 3. The van der Waals surface area contributed by atoms with Gasteiger partial charge in [0.2, 0.25) is 0 Å². The molecule has 1 saturated heterocycles. The fourth-order valence-corrected chi connectivity index (χ4v) is 4.92. The molecule has 0 bridgehead atoms. The van der Waals surface area contributed by atoms with Crippen molar-refractivity contribution >= 4 is 23.0 Å². The highest BCUT2D eigenvalue weighted by Gasteiger charge is 2.41. The Bertz CT molecular complexity index is 807. The fourth-order valence-electron chi connectivity index (χ4n) is 4.92. The van der Waals surface area contributed by atoms with Crippen LogP contribution in [0.15, 0.2) is 12.1 Å². The molecule has 5 N–H and O–H groups in total. The van der Waals surface area contributed by atoms with E-state index in [2.05, 4.69) is 15.5 Å². The van der Waals surface area contributed by atoms with E-state index in [1.807, 2.05) is 19.9 Å². The number of piperidine rings is 1. The van der Waals surface area contributed by atoms with E-state index in [-0.39, 0.29) is 30.7 Å². The topological polar surface area (TPSA) is 90.6 Å². The molecule has 2 aliphatic rings. The maximum atomic E-state index is 13.2. The van der Waals surface area contributed by atoms with Gasteiger partial charge in [-0.05, 0) is 70.4 Å². The number of carbonyl (C=O) groups is 1. The Morgan fingerprint density at radius 3 is 2.16 bits per heavy atom. The normalized spacial score (nSPS) is 23.2. The molecule has 180 valence electrons. The predicted octanol–water partition coefficient (Wildman–Crippen LogP) is 4.15. The van der Waals surface area contributed by atoms with Gasteiger partial charge in [-0.2, -0.15) is 13.2 Å². The zero-order valence-electron chi connectivity index (χ0n) is 19.1. The van der Waals surface area contributed by atoms with Crippen LogP contribution in [0.4, 0.5) is 30.2 Å². The molecule has 1 aromatic rings. The first-order chi connectivity index (χ1) is 14.9. The van der Waals surface area contributed by atoms with Gasteiger partial charge in [0, 0.05) is 26.2 Å². The maximum absolute atomic E-state index is 13.2. The quantitative estimate of drug-likeness (QED) is 0.500. The third kappa shape index (κ3) is 5.60. The van der Waals surface area contributed by atoms with Crippen LogP contribution in [-0.4, -0.2) is 49.0 Å². The summed E-state index contributed by atoms with van der Waals surface area (Å²) in [6, 6.07) is 3.22. The Hall–Kier alpha value is -2.16. The summed E-state index contributed by atoms with van der Waals surface area (Å²) in [5.74, 6) is -1.42. The minimum absolute atomic E-state index is 0.0343. The summed E-state index contributed by atoms with van der Waals surface area (Å²) in [6.07, 6.45) is -1.89. The lowest BCUT2D eigenvalue weighted by Crippen LogP contribution is -2.43. The Morgan fingerprint density at radius 1 is 1.06 bits per heavy atom. The number of hydrogen-bond acceptors (Lipinski definition) is 5. The number of nitrogens with zero attached hydrogens (tertiary/aromatic N) is 1. The number of benzene rings is 1. The maximum Gasteiger partial charge on any atom is 0.391 e. The average Bonchev–Trinajstić information content (AvgIpc) is 2.72. The first-order valence-corrected chi connectivity index (χ1v) is 11.4. The number of carbonyl (C=O) groups excluding carboxylic acids is 1. The number of nitrogens with one attached hydrogen (secondary N) is 2. The summed E-state index contributed by atoms with van der Waals surface area (Å²) in [5, 5.41) is 16.3. The molecular formula is C23H35F3N4O2. The van der Waals surface area contributed by atoms with E-state index >= 15 is 0 Å². The highest BCUT2D eigenvalue weighted by Crippen LogP contribution is 2.38. The van der Waals surface area contributed by atoms with Crippen LogP contribution in [-0.2, 0) is 0 Å². The number of amides is 1. The average molecular weight is 457 g/mol. The van der Waals surface area contributed by atoms with E-state index in [1.165, 1.54) is 0 Å². The van der Waals surface area contributed by atoms with Crippen molar-refractivity contribution < 1.29 is 23.1 Å². The van der Waals surface area contributed by atoms with Crippen molar-refractivity contribution in [3.05, 3.63) is 17.7 Å². The summed E-state index contributed by atoms with van der Waals surface area (Å²) in [6.45, 7) is 5.03. The molecule has 3 rings (SSSR count). The molecular weight excluding hydrogens is 421 g/mol. The number of nitrogens with two attached hydrogens (primary N) is 1. The Balaban J connectivity index is 1.75. The van der Waals surface area contributed by atoms with Gasteiger partial charge in [-0.3, -0.25) is 4.79 Å². The van der Waals surface area contributed by atoms with Crippen molar-refractivity contribution in [3.8, 4) is 0 Å². The lowest BCUT2D eigenvalue weighted by Gasteiger charge is -2.39. The van der Waals surface area contributed by atoms with Gasteiger partial charge in [0.25, 0.3) is 5.91 Å².